The van der Waals surface area contributed by atoms with E-state index in [0.717, 1.165) is 82.0 Å². The molecule has 2 aromatic carbocycles. The lowest BCUT2D eigenvalue weighted by Gasteiger charge is -2.23. The average Bonchev–Trinajstić information content (AvgIpc) is 3.63. The molecular weight excluding hydrogens is 609 g/mol. The molecule has 0 aliphatic heterocycles. The second-order valence-electron chi connectivity index (χ2n) is 9.82. The molecule has 0 fully saturated rings. The summed E-state index contributed by atoms with van der Waals surface area (Å²) in [4.78, 5) is 30.0. The number of carbonyl (C=O) groups excluding carboxylic acids is 2. The number of hydrogen-bond acceptors (Lipinski definition) is 12. The van der Waals surface area contributed by atoms with Gasteiger partial charge in [-0.25, -0.2) is 14.6 Å². The molecule has 0 saturated heterocycles. The highest BCUT2D eigenvalue weighted by Gasteiger charge is 2.09. The van der Waals surface area contributed by atoms with Crippen LogP contribution >= 0.6 is 22.7 Å². The Kier molecular flexibility index (Phi) is 13.1. The van der Waals surface area contributed by atoms with Crippen molar-refractivity contribution < 1.29 is 19.1 Å². The first-order valence-corrected chi connectivity index (χ1v) is 16.4. The Morgan fingerprint density at radius 1 is 0.822 bits per heavy atom. The van der Waals surface area contributed by atoms with Gasteiger partial charge < -0.3 is 14.4 Å². The number of unbranched alkanes of at least 4 members (excludes halogenated alkanes) is 3. The van der Waals surface area contributed by atoms with Crippen LogP contribution in [0.1, 0.15) is 38.2 Å². The Balaban J connectivity index is 1.23. The van der Waals surface area contributed by atoms with E-state index in [1.807, 2.05) is 42.5 Å². The largest absolute Gasteiger partial charge is 0.463 e. The van der Waals surface area contributed by atoms with E-state index in [9.17, 15) is 9.59 Å². The predicted molar refractivity (Wildman–Crippen MR) is 181 cm³/mol. The molecule has 0 aliphatic carbocycles. The Hall–Kier alpha value is -4.55. The average molecular weight is 645 g/mol. The normalized spacial score (nSPS) is 11.3. The Morgan fingerprint density at radius 2 is 1.47 bits per heavy atom. The van der Waals surface area contributed by atoms with Crippen molar-refractivity contribution in [1.29, 1.82) is 0 Å². The first-order chi connectivity index (χ1) is 22.0. The van der Waals surface area contributed by atoms with Crippen LogP contribution in [0.25, 0.3) is 9.53 Å². The molecule has 0 aliphatic rings. The molecule has 12 heteroatoms. The van der Waals surface area contributed by atoms with Crippen molar-refractivity contribution in [2.75, 3.05) is 31.2 Å². The number of anilines is 1. The van der Waals surface area contributed by atoms with Crippen molar-refractivity contribution in [3.8, 4) is 0 Å². The van der Waals surface area contributed by atoms with E-state index in [1.165, 1.54) is 28.7 Å². The van der Waals surface area contributed by atoms with E-state index < -0.39 is 5.97 Å². The number of thiazole rings is 1. The summed E-state index contributed by atoms with van der Waals surface area (Å²) < 4.78 is 11.0. The third-order valence-corrected chi connectivity index (χ3v) is 8.58. The number of fused-ring (bicyclic) bond motifs is 1. The van der Waals surface area contributed by atoms with E-state index >= 15 is 0 Å². The lowest BCUT2D eigenvalue weighted by molar-refractivity contribution is -0.138. The molecule has 0 atom stereocenters. The number of carbonyl (C=O) groups is 2. The number of aromatic nitrogens is 1. The zero-order chi connectivity index (χ0) is 31.9. The molecule has 0 saturated carbocycles. The Labute approximate surface area is 270 Å². The lowest BCUT2D eigenvalue weighted by atomic mass is 10.1. The van der Waals surface area contributed by atoms with Crippen LogP contribution in [0.4, 0.5) is 27.2 Å². The fourth-order valence-electron chi connectivity index (χ4n) is 4.26. The van der Waals surface area contributed by atoms with E-state index in [1.54, 1.807) is 0 Å². The van der Waals surface area contributed by atoms with Gasteiger partial charge in [-0.2, -0.15) is 0 Å². The van der Waals surface area contributed by atoms with Crippen molar-refractivity contribution in [2.24, 2.45) is 20.5 Å². The Bertz CT molecular complexity index is 1600. The van der Waals surface area contributed by atoms with Crippen LogP contribution in [0.2, 0.25) is 0 Å². The van der Waals surface area contributed by atoms with E-state index in [0.29, 0.717) is 24.8 Å². The number of thiophene rings is 1. The molecule has 234 valence electrons. The first kappa shape index (κ1) is 33.3. The zero-order valence-corrected chi connectivity index (χ0v) is 26.9. The highest BCUT2D eigenvalue weighted by molar-refractivity contribution is 7.30. The van der Waals surface area contributed by atoms with E-state index in [-0.39, 0.29) is 5.97 Å². The van der Waals surface area contributed by atoms with Gasteiger partial charge in [0.05, 0.1) is 29.3 Å². The topological polar surface area (TPSA) is 118 Å². The molecule has 0 unspecified atom stereocenters. The molecule has 0 N–H and O–H groups in total. The van der Waals surface area contributed by atoms with Crippen molar-refractivity contribution >= 4 is 71.3 Å². The standard InChI is InChI=1S/C33H36N6O4S2/c1-4-30(40)42-21-10-8-7-9-20-39(6-3)27-17-15-26(16-18-27)36-38-33-34-32-28(44-33)23-29(45-32)37-35-25-13-11-24(12-14-25)19-22-43-31(41)5-2/h4-5,11-18,23H,1-2,6-10,19-22H2,3H3/b37-35+,38-36+. The lowest BCUT2D eigenvalue weighted by Crippen LogP contribution is -2.23. The van der Waals surface area contributed by atoms with Crippen LogP contribution in [0.5, 0.6) is 0 Å². The third kappa shape index (κ3) is 10.8. The van der Waals surface area contributed by atoms with Gasteiger partial charge in [0, 0.05) is 37.3 Å². The molecule has 45 heavy (non-hydrogen) atoms. The summed E-state index contributed by atoms with van der Waals surface area (Å²) in [5.74, 6) is -0.785. The van der Waals surface area contributed by atoms with Crippen LogP contribution < -0.4 is 4.90 Å². The van der Waals surface area contributed by atoms with Gasteiger partial charge in [0.25, 0.3) is 0 Å². The van der Waals surface area contributed by atoms with Crippen LogP contribution in [0.15, 0.2) is 100 Å². The predicted octanol–water partition coefficient (Wildman–Crippen LogP) is 9.58. The Morgan fingerprint density at radius 3 is 2.13 bits per heavy atom. The second kappa shape index (κ2) is 17.7. The van der Waals surface area contributed by atoms with Crippen molar-refractivity contribution in [1.82, 2.24) is 4.98 Å². The minimum Gasteiger partial charge on any atom is -0.463 e. The van der Waals surface area contributed by atoms with Gasteiger partial charge in [0.15, 0.2) is 0 Å². The van der Waals surface area contributed by atoms with E-state index in [4.69, 9.17) is 9.47 Å². The highest BCUT2D eigenvalue weighted by Crippen LogP contribution is 2.39. The number of rotatable bonds is 18. The second-order valence-corrected chi connectivity index (χ2v) is 11.8. The van der Waals surface area contributed by atoms with Gasteiger partial charge in [-0.1, -0.05) is 54.4 Å². The SMILES string of the molecule is C=CC(=O)OCCCCCCN(CC)c1ccc(/N=N/c2nc3sc(/N=N/c4ccc(CCOC(=O)C=C)cc4)cc3s2)cc1. The molecule has 0 radical (unpaired) electrons. The molecule has 10 nitrogen and oxygen atoms in total. The molecule has 0 spiro atoms. The van der Waals surface area contributed by atoms with Crippen LogP contribution in [0, 0.1) is 0 Å². The van der Waals surface area contributed by atoms with E-state index in [2.05, 4.69) is 62.6 Å². The number of nitrogens with zero attached hydrogens (tertiary/aromatic N) is 6. The number of benzene rings is 2. The first-order valence-electron chi connectivity index (χ1n) is 14.7. The van der Waals surface area contributed by atoms with Gasteiger partial charge in [0.2, 0.25) is 5.13 Å². The molecule has 2 heterocycles. The van der Waals surface area contributed by atoms with Crippen LogP contribution in [-0.2, 0) is 25.5 Å². The maximum absolute atomic E-state index is 11.1. The number of ether oxygens (including phenoxy) is 2. The van der Waals surface area contributed by atoms with Crippen LogP contribution in [0.3, 0.4) is 0 Å². The van der Waals surface area contributed by atoms with Gasteiger partial charge >= 0.3 is 11.9 Å². The number of hydrogen-bond donors (Lipinski definition) is 0. The van der Waals surface area contributed by atoms with Gasteiger partial charge in [0.1, 0.15) is 9.83 Å². The van der Waals surface area contributed by atoms with Gasteiger partial charge in [-0.05, 0) is 74.2 Å². The van der Waals surface area contributed by atoms with Crippen molar-refractivity contribution in [3.63, 3.8) is 0 Å². The third-order valence-electron chi connectivity index (χ3n) is 6.65. The van der Waals surface area contributed by atoms with Gasteiger partial charge in [-0.3, -0.25) is 0 Å². The minimum absolute atomic E-state index is 0.304. The maximum atomic E-state index is 11.1. The monoisotopic (exact) mass is 644 g/mol. The van der Waals surface area contributed by atoms with Crippen LogP contribution in [-0.4, -0.2) is 43.2 Å². The smallest absolute Gasteiger partial charge is 0.330 e. The fraction of sp³-hybridized carbons (Fsp3) is 0.303. The summed E-state index contributed by atoms with van der Waals surface area (Å²) in [6.07, 6.45) is 7.01. The molecule has 4 rings (SSSR count). The minimum atomic E-state index is -0.423. The molecule has 0 amide bonds. The maximum Gasteiger partial charge on any atom is 0.330 e. The summed E-state index contributed by atoms with van der Waals surface area (Å²) >= 11 is 2.91. The summed E-state index contributed by atoms with van der Waals surface area (Å²) in [6, 6.07) is 17.7. The van der Waals surface area contributed by atoms with Crippen molar-refractivity contribution in [2.45, 2.75) is 39.0 Å². The molecule has 0 bridgehead atoms. The highest BCUT2D eigenvalue weighted by atomic mass is 32.1. The quantitative estimate of drug-likeness (QED) is 0.0461. The zero-order valence-electron chi connectivity index (χ0n) is 25.3. The number of azo groups is 2. The summed E-state index contributed by atoms with van der Waals surface area (Å²) in [5.41, 5.74) is 3.68. The summed E-state index contributed by atoms with van der Waals surface area (Å²) in [5, 5.41) is 18.8. The molecule has 4 aromatic rings. The summed E-state index contributed by atoms with van der Waals surface area (Å²) in [7, 11) is 0. The molecule has 2 aromatic heterocycles. The summed E-state index contributed by atoms with van der Waals surface area (Å²) in [6.45, 7) is 11.6. The fourth-order valence-corrected chi connectivity index (χ4v) is 6.11. The number of esters is 2. The van der Waals surface area contributed by atoms with Gasteiger partial charge in [-0.15, -0.1) is 20.5 Å². The van der Waals surface area contributed by atoms with Crippen molar-refractivity contribution in [3.05, 3.63) is 85.5 Å². The molecular formula is C33H36N6O4S2.